The van der Waals surface area contributed by atoms with Gasteiger partial charge in [0.2, 0.25) is 0 Å². The van der Waals surface area contributed by atoms with Crippen LogP contribution in [-0.4, -0.2) is 47.9 Å². The number of amides is 2. The summed E-state index contributed by atoms with van der Waals surface area (Å²) < 4.78 is 4.92. The van der Waals surface area contributed by atoms with Gasteiger partial charge in [-0.1, -0.05) is 0 Å². The number of carboxylic acid groups (broad SMARTS) is 2. The van der Waals surface area contributed by atoms with Gasteiger partial charge < -0.3 is 31.3 Å². The summed E-state index contributed by atoms with van der Waals surface area (Å²) in [5, 5.41) is 22.1. The molecule has 2 amide bonds. The van der Waals surface area contributed by atoms with E-state index < -0.39 is 24.0 Å². The maximum absolute atomic E-state index is 11.6. The largest absolute Gasteiger partial charge is 0.497 e. The normalized spacial score (nSPS) is 11.3. The third-order valence-electron chi connectivity index (χ3n) is 2.45. The van der Waals surface area contributed by atoms with Crippen LogP contribution < -0.4 is 21.1 Å². The molecule has 21 heavy (non-hydrogen) atoms. The number of hydrogen-bond acceptors (Lipinski definition) is 5. The lowest BCUT2D eigenvalue weighted by molar-refractivity contribution is -0.138. The minimum Gasteiger partial charge on any atom is -0.497 e. The van der Waals surface area contributed by atoms with Crippen LogP contribution in [0, 0.1) is 0 Å². The monoisotopic (exact) mass is 297 g/mol. The zero-order valence-corrected chi connectivity index (χ0v) is 11.1. The summed E-state index contributed by atoms with van der Waals surface area (Å²) in [5.74, 6) is -2.16. The van der Waals surface area contributed by atoms with E-state index in [4.69, 9.17) is 20.7 Å². The topological polar surface area (TPSA) is 151 Å². The molecule has 1 aromatic rings. The molecule has 0 aromatic heterocycles. The van der Waals surface area contributed by atoms with Crippen LogP contribution in [0.4, 0.5) is 10.5 Å². The van der Waals surface area contributed by atoms with Gasteiger partial charge in [0.15, 0.2) is 0 Å². The van der Waals surface area contributed by atoms with Gasteiger partial charge in [-0.2, -0.15) is 0 Å². The first-order valence-electron chi connectivity index (χ1n) is 5.79. The molecule has 0 spiro atoms. The van der Waals surface area contributed by atoms with Crippen molar-refractivity contribution in [1.29, 1.82) is 0 Å². The van der Waals surface area contributed by atoms with Crippen LogP contribution in [0.1, 0.15) is 10.4 Å². The molecule has 1 rings (SSSR count). The number of carbonyl (C=O) groups is 3. The van der Waals surface area contributed by atoms with Crippen LogP contribution in [-0.2, 0) is 4.79 Å². The van der Waals surface area contributed by atoms with Crippen molar-refractivity contribution in [2.24, 2.45) is 5.73 Å². The predicted molar refractivity (Wildman–Crippen MR) is 72.6 cm³/mol. The van der Waals surface area contributed by atoms with E-state index in [1.807, 2.05) is 0 Å². The molecule has 9 nitrogen and oxygen atoms in total. The molecule has 0 bridgehead atoms. The number of hydrogen-bond donors (Lipinski definition) is 5. The fraction of sp³-hybridized carbons (Fsp3) is 0.250. The molecule has 0 fully saturated rings. The highest BCUT2D eigenvalue weighted by Crippen LogP contribution is 2.20. The molecule has 1 atom stereocenters. The minimum atomic E-state index is -1.25. The van der Waals surface area contributed by atoms with E-state index in [0.29, 0.717) is 0 Å². The van der Waals surface area contributed by atoms with Crippen molar-refractivity contribution in [1.82, 2.24) is 5.32 Å². The Hall–Kier alpha value is -2.81. The first-order chi connectivity index (χ1) is 9.83. The number of nitrogens with one attached hydrogen (secondary N) is 2. The molecule has 0 unspecified atom stereocenters. The number of anilines is 1. The van der Waals surface area contributed by atoms with Crippen molar-refractivity contribution < 1.29 is 29.3 Å². The summed E-state index contributed by atoms with van der Waals surface area (Å²) in [6.07, 6.45) is 0. The summed E-state index contributed by atoms with van der Waals surface area (Å²) >= 11 is 0. The van der Waals surface area contributed by atoms with Crippen LogP contribution in [0.5, 0.6) is 5.75 Å². The number of nitrogens with two attached hydrogens (primary N) is 1. The van der Waals surface area contributed by atoms with E-state index in [1.54, 1.807) is 0 Å². The van der Waals surface area contributed by atoms with Crippen molar-refractivity contribution >= 4 is 23.7 Å². The number of carboxylic acids is 2. The molecular weight excluding hydrogens is 282 g/mol. The van der Waals surface area contributed by atoms with Gasteiger partial charge in [-0.05, 0) is 12.1 Å². The summed E-state index contributed by atoms with van der Waals surface area (Å²) in [6, 6.07) is 2.02. The molecule has 0 radical (unpaired) electrons. The van der Waals surface area contributed by atoms with E-state index in [0.717, 1.165) is 0 Å². The fourth-order valence-electron chi connectivity index (χ4n) is 1.38. The Morgan fingerprint density at radius 1 is 1.29 bits per heavy atom. The van der Waals surface area contributed by atoms with E-state index in [9.17, 15) is 14.4 Å². The van der Waals surface area contributed by atoms with Gasteiger partial charge in [0.25, 0.3) is 0 Å². The second-order valence-corrected chi connectivity index (χ2v) is 4.04. The number of ether oxygens (including phenoxy) is 1. The van der Waals surface area contributed by atoms with Crippen molar-refractivity contribution in [2.75, 3.05) is 19.0 Å². The maximum atomic E-state index is 11.6. The average Bonchev–Trinajstić information content (AvgIpc) is 2.43. The predicted octanol–water partition coefficient (Wildman–Crippen LogP) is -0.0732. The Labute approximate surface area is 119 Å². The standard InChI is InChI=1S/C12H15N3O6/c1-21-8-3-6(10(16)17)2-7(4-8)15-12(20)14-5-9(13)11(18)19/h2-4,9H,5,13H2,1H3,(H,16,17)(H,18,19)(H2,14,15,20)/t9-/m0/s1. The molecule has 6 N–H and O–H groups in total. The zero-order valence-electron chi connectivity index (χ0n) is 11.1. The number of aliphatic carboxylic acids is 1. The molecule has 0 saturated heterocycles. The molecule has 0 aliphatic carbocycles. The molecule has 114 valence electrons. The quantitative estimate of drug-likeness (QED) is 0.492. The second kappa shape index (κ2) is 7.10. The van der Waals surface area contributed by atoms with Crippen molar-refractivity contribution in [3.05, 3.63) is 23.8 Å². The van der Waals surface area contributed by atoms with E-state index >= 15 is 0 Å². The Bertz CT molecular complexity index is 560. The van der Waals surface area contributed by atoms with E-state index in [2.05, 4.69) is 10.6 Å². The van der Waals surface area contributed by atoms with Crippen molar-refractivity contribution in [2.45, 2.75) is 6.04 Å². The van der Waals surface area contributed by atoms with Gasteiger partial charge in [-0.15, -0.1) is 0 Å². The molecule has 0 aliphatic heterocycles. The number of methoxy groups -OCH3 is 1. The van der Waals surface area contributed by atoms with Gasteiger partial charge in [-0.25, -0.2) is 9.59 Å². The van der Waals surface area contributed by atoms with Crippen molar-refractivity contribution in [3.8, 4) is 5.75 Å². The van der Waals surface area contributed by atoms with Gasteiger partial charge in [-0.3, -0.25) is 4.79 Å². The summed E-state index contributed by atoms with van der Waals surface area (Å²) in [5.41, 5.74) is 5.35. The zero-order chi connectivity index (χ0) is 16.0. The molecular formula is C12H15N3O6. The molecule has 1 aromatic carbocycles. The Balaban J connectivity index is 2.73. The van der Waals surface area contributed by atoms with Gasteiger partial charge in [0.1, 0.15) is 11.8 Å². The van der Waals surface area contributed by atoms with Crippen LogP contribution in [0.15, 0.2) is 18.2 Å². The van der Waals surface area contributed by atoms with E-state index in [-0.39, 0.29) is 23.5 Å². The number of carbonyl (C=O) groups excluding carboxylic acids is 1. The lowest BCUT2D eigenvalue weighted by Gasteiger charge is -2.11. The third-order valence-corrected chi connectivity index (χ3v) is 2.45. The molecule has 0 saturated carbocycles. The van der Waals surface area contributed by atoms with Crippen LogP contribution in [0.2, 0.25) is 0 Å². The third kappa shape index (κ3) is 4.99. The van der Waals surface area contributed by atoms with Crippen LogP contribution in [0.25, 0.3) is 0 Å². The van der Waals surface area contributed by atoms with Gasteiger partial charge in [0.05, 0.1) is 12.7 Å². The highest BCUT2D eigenvalue weighted by atomic mass is 16.5. The fourth-order valence-corrected chi connectivity index (χ4v) is 1.38. The molecule has 9 heteroatoms. The second-order valence-electron chi connectivity index (χ2n) is 4.04. The summed E-state index contributed by atoms with van der Waals surface area (Å²) in [6.45, 7) is -0.267. The molecule has 0 heterocycles. The summed E-state index contributed by atoms with van der Waals surface area (Å²) in [4.78, 5) is 33.0. The first-order valence-corrected chi connectivity index (χ1v) is 5.79. The van der Waals surface area contributed by atoms with E-state index in [1.165, 1.54) is 25.3 Å². The molecule has 0 aliphatic rings. The Kier molecular flexibility index (Phi) is 5.49. The van der Waals surface area contributed by atoms with Gasteiger partial charge in [0, 0.05) is 18.3 Å². The van der Waals surface area contributed by atoms with Gasteiger partial charge >= 0.3 is 18.0 Å². The average molecular weight is 297 g/mol. The smallest absolute Gasteiger partial charge is 0.335 e. The Morgan fingerprint density at radius 3 is 2.48 bits per heavy atom. The number of rotatable bonds is 6. The lowest BCUT2D eigenvalue weighted by Crippen LogP contribution is -2.43. The lowest BCUT2D eigenvalue weighted by atomic mass is 10.2. The summed E-state index contributed by atoms with van der Waals surface area (Å²) in [7, 11) is 1.36. The number of urea groups is 1. The minimum absolute atomic E-state index is 0.0631. The first kappa shape index (κ1) is 16.2. The highest BCUT2D eigenvalue weighted by molar-refractivity contribution is 5.94. The van der Waals surface area contributed by atoms with Crippen LogP contribution >= 0.6 is 0 Å². The van der Waals surface area contributed by atoms with Crippen molar-refractivity contribution in [3.63, 3.8) is 0 Å². The van der Waals surface area contributed by atoms with Crippen LogP contribution in [0.3, 0.4) is 0 Å². The SMILES string of the molecule is COc1cc(NC(=O)NC[C@H](N)C(=O)O)cc(C(=O)O)c1. The maximum Gasteiger partial charge on any atom is 0.335 e. The highest BCUT2D eigenvalue weighted by Gasteiger charge is 2.13. The Morgan fingerprint density at radius 2 is 1.95 bits per heavy atom. The number of benzene rings is 1. The number of aromatic carboxylic acids is 1.